The van der Waals surface area contributed by atoms with Crippen LogP contribution < -0.4 is 52.2 Å². The molecule has 0 unspecified atom stereocenters. The van der Waals surface area contributed by atoms with Crippen LogP contribution in [0.2, 0.25) is 0 Å². The van der Waals surface area contributed by atoms with E-state index in [0.717, 1.165) is 57.0 Å². The molecule has 0 bridgehead atoms. The Hall–Kier alpha value is -7.69. The molecular weight excluding hydrogens is 764 g/mol. The van der Waals surface area contributed by atoms with Gasteiger partial charge in [0.15, 0.2) is 0 Å². The molecule has 3 aliphatic rings. The number of rotatable bonds is 6. The summed E-state index contributed by atoms with van der Waals surface area (Å²) < 4.78 is 7.06. The van der Waals surface area contributed by atoms with Crippen molar-refractivity contribution in [1.82, 2.24) is 0 Å². The molecule has 0 saturated carbocycles. The molecule has 9 aromatic rings. The average molecular weight is 808 g/mol. The highest BCUT2D eigenvalue weighted by Gasteiger charge is 2.46. The molecule has 4 nitrogen and oxygen atoms in total. The molecule has 63 heavy (non-hydrogen) atoms. The monoisotopic (exact) mass is 807 g/mol. The highest BCUT2D eigenvalue weighted by molar-refractivity contribution is 7.02. The van der Waals surface area contributed by atoms with Crippen molar-refractivity contribution in [2.75, 3.05) is 14.7 Å². The maximum atomic E-state index is 7.06. The predicted octanol–water partition coefficient (Wildman–Crippen LogP) is 10.8. The Morgan fingerprint density at radius 2 is 0.857 bits per heavy atom. The Morgan fingerprint density at radius 1 is 0.365 bits per heavy atom. The van der Waals surface area contributed by atoms with Crippen LogP contribution in [0, 0.1) is 20.8 Å². The number of hydrogen-bond acceptors (Lipinski definition) is 4. The van der Waals surface area contributed by atoms with Gasteiger partial charge in [-0.3, -0.25) is 0 Å². The van der Waals surface area contributed by atoms with Crippen LogP contribution in [0.5, 0.6) is 11.5 Å². The average Bonchev–Trinajstić information content (AvgIpc) is 3.32. The van der Waals surface area contributed by atoms with Gasteiger partial charge in [-0.05, 0) is 121 Å². The van der Waals surface area contributed by atoms with E-state index in [-0.39, 0.29) is 13.4 Å². The largest absolute Gasteiger partial charge is 0.458 e. The van der Waals surface area contributed by atoms with E-state index in [1.165, 1.54) is 55.2 Å². The van der Waals surface area contributed by atoms with Crippen LogP contribution >= 0.6 is 0 Å². The molecule has 3 heterocycles. The Morgan fingerprint density at radius 3 is 1.46 bits per heavy atom. The normalized spacial score (nSPS) is 13.0. The van der Waals surface area contributed by atoms with Crippen molar-refractivity contribution in [2.24, 2.45) is 0 Å². The van der Waals surface area contributed by atoms with Gasteiger partial charge in [-0.1, -0.05) is 150 Å². The molecule has 6 heteroatoms. The van der Waals surface area contributed by atoms with Gasteiger partial charge in [-0.25, -0.2) is 0 Å². The summed E-state index contributed by atoms with van der Waals surface area (Å²) >= 11 is 0. The van der Waals surface area contributed by atoms with Crippen LogP contribution in [0.4, 0.5) is 51.2 Å². The molecule has 0 atom stereocenters. The Labute approximate surface area is 370 Å². The number of nitrogens with zero attached hydrogens (tertiary/aromatic N) is 3. The van der Waals surface area contributed by atoms with Gasteiger partial charge in [0.25, 0.3) is 13.4 Å². The second kappa shape index (κ2) is 14.7. The fourth-order valence-corrected chi connectivity index (χ4v) is 10.8. The molecule has 9 aromatic carbocycles. The summed E-state index contributed by atoms with van der Waals surface area (Å²) in [4.78, 5) is 7.36. The summed E-state index contributed by atoms with van der Waals surface area (Å²) in [7, 11) is 0. The van der Waals surface area contributed by atoms with Crippen molar-refractivity contribution < 1.29 is 4.74 Å². The summed E-state index contributed by atoms with van der Waals surface area (Å²) in [5.74, 6) is 1.80. The Balaban J connectivity index is 1.19. The third-order valence-electron chi connectivity index (χ3n) is 13.2. The fourth-order valence-electron chi connectivity index (χ4n) is 10.8. The molecule has 0 radical (unpaired) electrons. The van der Waals surface area contributed by atoms with E-state index in [9.17, 15) is 0 Å². The van der Waals surface area contributed by atoms with Crippen LogP contribution in [0.15, 0.2) is 206 Å². The summed E-state index contributed by atoms with van der Waals surface area (Å²) in [6.07, 6.45) is 0. The van der Waals surface area contributed by atoms with Crippen LogP contribution in [0.25, 0.3) is 0 Å². The van der Waals surface area contributed by atoms with E-state index in [4.69, 9.17) is 4.74 Å². The van der Waals surface area contributed by atoms with Gasteiger partial charge in [-0.2, -0.15) is 0 Å². The zero-order valence-electron chi connectivity index (χ0n) is 35.5. The van der Waals surface area contributed by atoms with E-state index in [0.29, 0.717) is 0 Å². The van der Waals surface area contributed by atoms with Crippen LogP contribution in [0.3, 0.4) is 0 Å². The van der Waals surface area contributed by atoms with Crippen molar-refractivity contribution in [3.63, 3.8) is 0 Å². The smallest absolute Gasteiger partial charge is 0.252 e. The minimum atomic E-state index is -0.0691. The number of hydrogen-bond donors (Lipinski definition) is 0. The fraction of sp³-hybridized carbons (Fsp3) is 0.0526. The number of anilines is 9. The molecule has 0 aromatic heterocycles. The molecule has 0 amide bonds. The van der Waals surface area contributed by atoms with Crippen molar-refractivity contribution in [3.05, 3.63) is 223 Å². The van der Waals surface area contributed by atoms with Gasteiger partial charge in [0, 0.05) is 51.6 Å². The van der Waals surface area contributed by atoms with Crippen molar-refractivity contribution in [3.8, 4) is 11.5 Å². The highest BCUT2D eigenvalue weighted by atomic mass is 16.5. The van der Waals surface area contributed by atoms with E-state index in [1.54, 1.807) is 0 Å². The summed E-state index contributed by atoms with van der Waals surface area (Å²) in [5.41, 5.74) is 21.5. The Bertz CT molecular complexity index is 3150. The molecule has 0 fully saturated rings. The first-order chi connectivity index (χ1) is 31.0. The topological polar surface area (TPSA) is 19.0 Å². The van der Waals surface area contributed by atoms with Gasteiger partial charge in [-0.15, -0.1) is 0 Å². The van der Waals surface area contributed by atoms with Crippen LogP contribution in [0.1, 0.15) is 16.7 Å². The van der Waals surface area contributed by atoms with Gasteiger partial charge in [0.1, 0.15) is 11.5 Å². The van der Waals surface area contributed by atoms with Gasteiger partial charge in [0.05, 0.1) is 5.69 Å². The molecule has 298 valence electrons. The van der Waals surface area contributed by atoms with Gasteiger partial charge in [0.2, 0.25) is 0 Å². The van der Waals surface area contributed by atoms with Crippen molar-refractivity contribution in [1.29, 1.82) is 0 Å². The second-order valence-electron chi connectivity index (χ2n) is 17.1. The highest BCUT2D eigenvalue weighted by Crippen LogP contribution is 2.48. The van der Waals surface area contributed by atoms with Gasteiger partial charge >= 0.3 is 0 Å². The lowest BCUT2D eigenvalue weighted by molar-refractivity contribution is 0.488. The van der Waals surface area contributed by atoms with E-state index in [2.05, 4.69) is 242 Å². The standard InChI is InChI=1S/C57H43B2N3O/c1-38-32-39(2)56(40(3)33-38)59-47-29-17-19-31-54(47)63-55-37-51-48(36-49(55)59)58-46-28-16-18-30-50(46)61(43-24-12-6-13-25-43)52-34-45(35-53(57(52)58)62(51)44-26-14-7-15-27-44)60(41-20-8-4-9-21-41)42-22-10-5-11-23-42/h4-37H,1-3H3. The lowest BCUT2D eigenvalue weighted by atomic mass is 9.30. The minimum absolute atomic E-state index is 0.00535. The molecule has 0 saturated heterocycles. The van der Waals surface area contributed by atoms with E-state index >= 15 is 0 Å². The van der Waals surface area contributed by atoms with Crippen molar-refractivity contribution >= 4 is 97.4 Å². The summed E-state index contributed by atoms with van der Waals surface area (Å²) in [6.45, 7) is 6.66. The maximum absolute atomic E-state index is 7.06. The molecule has 0 aliphatic carbocycles. The maximum Gasteiger partial charge on any atom is 0.252 e. The zero-order valence-corrected chi connectivity index (χ0v) is 35.5. The third-order valence-corrected chi connectivity index (χ3v) is 13.2. The van der Waals surface area contributed by atoms with Crippen LogP contribution in [-0.2, 0) is 0 Å². The lowest BCUT2D eigenvalue weighted by Crippen LogP contribution is -2.63. The first-order valence-corrected chi connectivity index (χ1v) is 21.9. The molecule has 3 aliphatic heterocycles. The minimum Gasteiger partial charge on any atom is -0.458 e. The number of para-hydroxylation sites is 6. The third kappa shape index (κ3) is 5.93. The molecule has 12 rings (SSSR count). The molecule has 0 N–H and O–H groups in total. The van der Waals surface area contributed by atoms with E-state index in [1.807, 2.05) is 0 Å². The number of benzene rings is 9. The second-order valence-corrected chi connectivity index (χ2v) is 17.1. The van der Waals surface area contributed by atoms with Gasteiger partial charge < -0.3 is 19.4 Å². The zero-order chi connectivity index (χ0) is 42.2. The van der Waals surface area contributed by atoms with Crippen LogP contribution in [-0.4, -0.2) is 13.4 Å². The predicted molar refractivity (Wildman–Crippen MR) is 267 cm³/mol. The lowest BCUT2D eigenvalue weighted by Gasteiger charge is -2.45. The number of ether oxygens (including phenoxy) is 1. The van der Waals surface area contributed by atoms with E-state index < -0.39 is 0 Å². The van der Waals surface area contributed by atoms with Crippen molar-refractivity contribution in [2.45, 2.75) is 20.8 Å². The number of aryl methyl sites for hydroxylation is 3. The summed E-state index contributed by atoms with van der Waals surface area (Å²) in [6, 6.07) is 75.2. The molecule has 0 spiro atoms. The molecular formula is C57H43B2N3O. The first-order valence-electron chi connectivity index (χ1n) is 21.9. The Kier molecular flexibility index (Phi) is 8.68. The number of fused-ring (bicyclic) bond motifs is 6. The summed E-state index contributed by atoms with van der Waals surface area (Å²) in [5, 5.41) is 0. The SMILES string of the molecule is Cc1cc(C)c(B2c3ccccc3Oc3cc4c(cc32)B2c3ccccc3N(c3ccccc3)c3cc(N(c5ccccc5)c5ccccc5)cc(c32)N4c2ccccc2)c(C)c1. The quantitative estimate of drug-likeness (QED) is 0.156. The first kappa shape index (κ1) is 37.1.